The summed E-state index contributed by atoms with van der Waals surface area (Å²) in [5.41, 5.74) is 9.67. The summed E-state index contributed by atoms with van der Waals surface area (Å²) in [6, 6.07) is 19.7. The number of azo groups is 3. The minimum absolute atomic E-state index is 0.125. The van der Waals surface area contributed by atoms with Crippen LogP contribution in [0.4, 0.5) is 56.9 Å². The number of phenolic OH excluding ortho intramolecular Hbond substituents is 2. The van der Waals surface area contributed by atoms with E-state index in [9.17, 15) is 59.0 Å². The monoisotopic (exact) mass is 877 g/mol. The first kappa shape index (κ1) is 42.2. The van der Waals surface area contributed by atoms with Crippen molar-refractivity contribution in [2.75, 3.05) is 16.8 Å². The maximum Gasteiger partial charge on any atom is 0.335 e. The summed E-state index contributed by atoms with van der Waals surface area (Å²) in [4.78, 5) is 8.49. The summed E-state index contributed by atoms with van der Waals surface area (Å²) in [6.45, 7) is 0. The third kappa shape index (κ3) is 9.31. The fourth-order valence-electron chi connectivity index (χ4n) is 5.41. The summed E-state index contributed by atoms with van der Waals surface area (Å²) in [7, 11) is -15.5. The molecule has 0 fully saturated rings. The molecule has 0 unspecified atom stereocenters. The number of rotatable bonds is 12. The molecule has 11 N–H and O–H groups in total. The van der Waals surface area contributed by atoms with Gasteiger partial charge in [0.2, 0.25) is 0 Å². The second-order valence-corrected chi connectivity index (χ2v) is 16.5. The Kier molecular flexibility index (Phi) is 11.3. The molecule has 0 saturated heterocycles. The molecule has 0 aliphatic rings. The van der Waals surface area contributed by atoms with Crippen molar-refractivity contribution in [3.8, 4) is 11.5 Å². The van der Waals surface area contributed by atoms with E-state index in [0.29, 0.717) is 29.2 Å². The number of anilines is 4. The first-order valence-corrected chi connectivity index (χ1v) is 20.6. The van der Waals surface area contributed by atoms with E-state index in [0.717, 1.165) is 12.1 Å². The van der Waals surface area contributed by atoms with Crippen molar-refractivity contribution in [1.29, 1.82) is 0 Å². The number of hydrogen-bond acceptors (Lipinski definition) is 18. The zero-order valence-electron chi connectivity index (χ0n) is 29.8. The molecule has 0 saturated carbocycles. The molecule has 0 amide bonds. The smallest absolute Gasteiger partial charge is 0.335 e. The van der Waals surface area contributed by atoms with Gasteiger partial charge < -0.3 is 32.1 Å². The van der Waals surface area contributed by atoms with Crippen LogP contribution in [0.1, 0.15) is 10.4 Å². The summed E-state index contributed by atoms with van der Waals surface area (Å²) >= 11 is 0. The van der Waals surface area contributed by atoms with Crippen LogP contribution in [0.5, 0.6) is 11.5 Å². The highest BCUT2D eigenvalue weighted by Crippen LogP contribution is 2.48. The Morgan fingerprint density at radius 3 is 1.75 bits per heavy atom. The molecule has 0 aromatic heterocycles. The lowest BCUT2D eigenvalue weighted by molar-refractivity contribution is 0.0696. The molecule has 0 bridgehead atoms. The van der Waals surface area contributed by atoms with Crippen LogP contribution in [0.3, 0.4) is 0 Å². The maximum absolute atomic E-state index is 12.5. The van der Waals surface area contributed by atoms with Crippen molar-refractivity contribution in [2.45, 2.75) is 14.7 Å². The number of nitrogens with two attached hydrogens (primary N) is 2. The van der Waals surface area contributed by atoms with Crippen LogP contribution < -0.4 is 16.8 Å². The van der Waals surface area contributed by atoms with Crippen LogP contribution in [-0.2, 0) is 30.4 Å². The fourth-order valence-corrected chi connectivity index (χ4v) is 7.41. The van der Waals surface area contributed by atoms with Gasteiger partial charge in [0.05, 0.1) is 39.4 Å². The number of aromatic carboxylic acids is 1. The third-order valence-electron chi connectivity index (χ3n) is 8.16. The van der Waals surface area contributed by atoms with Gasteiger partial charge in [-0.2, -0.15) is 40.6 Å². The van der Waals surface area contributed by atoms with Crippen molar-refractivity contribution in [2.24, 2.45) is 30.7 Å². The van der Waals surface area contributed by atoms with Crippen molar-refractivity contribution in [3.63, 3.8) is 0 Å². The Labute approximate surface area is 338 Å². The fraction of sp³-hybridized carbons (Fsp3) is 0. The normalized spacial score (nSPS) is 12.5. The molecule has 22 nitrogen and oxygen atoms in total. The van der Waals surface area contributed by atoms with Gasteiger partial charge in [-0.1, -0.05) is 6.07 Å². The Hall–Kier alpha value is -7.42. The Morgan fingerprint density at radius 1 is 0.583 bits per heavy atom. The van der Waals surface area contributed by atoms with Gasteiger partial charge in [-0.05, 0) is 90.3 Å². The number of carbonyl (C=O) groups is 1. The van der Waals surface area contributed by atoms with E-state index in [1.807, 2.05) is 0 Å². The van der Waals surface area contributed by atoms with Crippen LogP contribution >= 0.6 is 0 Å². The molecule has 0 radical (unpaired) electrons. The SMILES string of the molecule is Nc1ccc(/N=N/c2ccc(Nc3ccc(/N=N/c4c(S(=O)(=O)O)cc5cc(S(=O)(=O)O)c(/N=N/c6cccc(C(=O)O)c6)c(O)c5c4N)cc3S(=O)(=O)O)cc2)c(O)c1. The molecule has 0 spiro atoms. The predicted molar refractivity (Wildman–Crippen MR) is 214 cm³/mol. The number of fused-ring (bicyclic) bond motifs is 1. The Morgan fingerprint density at radius 2 is 1.15 bits per heavy atom. The third-order valence-corrected chi connectivity index (χ3v) is 10.8. The van der Waals surface area contributed by atoms with Crippen molar-refractivity contribution in [1.82, 2.24) is 0 Å². The maximum atomic E-state index is 12.5. The molecule has 0 aliphatic carbocycles. The van der Waals surface area contributed by atoms with E-state index in [1.165, 1.54) is 72.8 Å². The minimum Gasteiger partial charge on any atom is -0.506 e. The Bertz CT molecular complexity index is 3180. The standard InChI is InChI=1S/C35H27N9O13S3/c36-19-4-10-24(26(45)15-19)42-39-21-7-5-20(6-8-21)38-25-11-9-23(16-27(25)58(49,50)51)41-43-32-28(59(52,53)54)13-18-14-29(60(55,56)57)33(34(46)30(18)31(32)37)44-40-22-3-1-2-17(12-22)35(47)48/h1-16,38,45-46H,36-37H2,(H,47,48)(H,49,50,51)(H,52,53,54)(H,55,56,57)/b42-39+,43-41+,44-40+. The molecule has 308 valence electrons. The topological polar surface area (TPSA) is 379 Å². The molecule has 0 atom stereocenters. The second kappa shape index (κ2) is 16.1. The molecular weight excluding hydrogens is 851 g/mol. The average Bonchev–Trinajstić information content (AvgIpc) is 3.16. The lowest BCUT2D eigenvalue weighted by atomic mass is 10.1. The van der Waals surface area contributed by atoms with Gasteiger partial charge in [0.25, 0.3) is 30.4 Å². The number of nitrogens with zero attached hydrogens (tertiary/aromatic N) is 6. The van der Waals surface area contributed by atoms with E-state index in [4.69, 9.17) is 11.5 Å². The van der Waals surface area contributed by atoms with Crippen molar-refractivity contribution in [3.05, 3.63) is 103 Å². The molecule has 0 heterocycles. The zero-order valence-corrected chi connectivity index (χ0v) is 32.3. The highest BCUT2D eigenvalue weighted by molar-refractivity contribution is 7.86. The first-order valence-electron chi connectivity index (χ1n) is 16.3. The predicted octanol–water partition coefficient (Wildman–Crippen LogP) is 7.84. The number of aromatic hydroxyl groups is 2. The van der Waals surface area contributed by atoms with Crippen LogP contribution in [0.15, 0.2) is 142 Å². The highest BCUT2D eigenvalue weighted by Gasteiger charge is 2.28. The number of carboxylic acid groups (broad SMARTS) is 1. The minimum atomic E-state index is -5.27. The van der Waals surface area contributed by atoms with E-state index in [1.54, 1.807) is 0 Å². The van der Waals surface area contributed by atoms with Crippen LogP contribution in [0.25, 0.3) is 10.8 Å². The number of carboxylic acids is 1. The number of hydrogen-bond donors (Lipinski definition) is 9. The van der Waals surface area contributed by atoms with Crippen molar-refractivity contribution < 1.29 is 59.0 Å². The van der Waals surface area contributed by atoms with Gasteiger partial charge in [0, 0.05) is 17.4 Å². The number of nitrogens with one attached hydrogen (secondary N) is 1. The first-order chi connectivity index (χ1) is 28.1. The number of benzene rings is 6. The summed E-state index contributed by atoms with van der Waals surface area (Å²) in [5.74, 6) is -2.60. The van der Waals surface area contributed by atoms with Gasteiger partial charge in [0.15, 0.2) is 5.75 Å². The van der Waals surface area contributed by atoms with Gasteiger partial charge in [-0.25, -0.2) is 4.79 Å². The van der Waals surface area contributed by atoms with Gasteiger partial charge >= 0.3 is 5.97 Å². The van der Waals surface area contributed by atoms with E-state index < -0.39 is 84.6 Å². The highest BCUT2D eigenvalue weighted by atomic mass is 32.2. The van der Waals surface area contributed by atoms with Crippen LogP contribution in [0, 0.1) is 0 Å². The lowest BCUT2D eigenvalue weighted by Gasteiger charge is -2.14. The van der Waals surface area contributed by atoms with E-state index in [2.05, 4.69) is 36.0 Å². The summed E-state index contributed by atoms with van der Waals surface area (Å²) < 4.78 is 105. The molecule has 25 heteroatoms. The zero-order chi connectivity index (χ0) is 43.7. The van der Waals surface area contributed by atoms with Gasteiger partial charge in [-0.15, -0.1) is 15.3 Å². The van der Waals surface area contributed by atoms with Gasteiger partial charge in [-0.3, -0.25) is 13.7 Å². The van der Waals surface area contributed by atoms with Gasteiger partial charge in [0.1, 0.15) is 37.5 Å². The molecular formula is C35H27N9O13S3. The second-order valence-electron chi connectivity index (χ2n) is 12.3. The number of phenols is 2. The molecule has 6 aromatic rings. The average molecular weight is 878 g/mol. The molecule has 0 aliphatic heterocycles. The van der Waals surface area contributed by atoms with Crippen LogP contribution in [-0.4, -0.2) is 60.2 Å². The Balaban J connectivity index is 1.38. The van der Waals surface area contributed by atoms with E-state index in [-0.39, 0.29) is 34.1 Å². The summed E-state index contributed by atoms with van der Waals surface area (Å²) in [6.07, 6.45) is 0. The van der Waals surface area contributed by atoms with Crippen LogP contribution in [0.2, 0.25) is 0 Å². The quantitative estimate of drug-likeness (QED) is 0.0321. The summed E-state index contributed by atoms with van der Waals surface area (Å²) in [5, 5.41) is 55.3. The molecule has 6 rings (SSSR count). The molecule has 60 heavy (non-hydrogen) atoms. The van der Waals surface area contributed by atoms with Crippen molar-refractivity contribution >= 4 is 104 Å². The lowest BCUT2D eigenvalue weighted by Crippen LogP contribution is -2.04. The van der Waals surface area contributed by atoms with E-state index >= 15 is 0 Å². The number of nitrogen functional groups attached to an aromatic ring is 2. The molecule has 6 aromatic carbocycles. The largest absolute Gasteiger partial charge is 0.506 e.